The van der Waals surface area contributed by atoms with Gasteiger partial charge in [0.2, 0.25) is 5.91 Å². The summed E-state index contributed by atoms with van der Waals surface area (Å²) in [6.07, 6.45) is 101. The Balaban J connectivity index is 3.35. The van der Waals surface area contributed by atoms with Gasteiger partial charge in [0.05, 0.1) is 25.4 Å². The Labute approximate surface area is 551 Å². The minimum Gasteiger partial charge on any atom is -0.466 e. The van der Waals surface area contributed by atoms with Crippen molar-refractivity contribution in [1.82, 2.24) is 5.32 Å². The van der Waals surface area contributed by atoms with Crippen molar-refractivity contribution >= 4 is 11.9 Å². The number of hydrogen-bond acceptors (Lipinski definition) is 5. The summed E-state index contributed by atoms with van der Waals surface area (Å²) in [5.41, 5.74) is 0. The zero-order valence-electron chi connectivity index (χ0n) is 59.7. The number of nitrogens with one attached hydrogen (secondary N) is 1. The topological polar surface area (TPSA) is 95.9 Å². The van der Waals surface area contributed by atoms with Crippen LogP contribution in [0.3, 0.4) is 0 Å². The average Bonchev–Trinajstić information content (AvgIpc) is 3.57. The van der Waals surface area contributed by atoms with Gasteiger partial charge in [-0.05, 0) is 83.5 Å². The number of ether oxygens (including phenoxy) is 1. The second kappa shape index (κ2) is 77.5. The predicted molar refractivity (Wildman–Crippen MR) is 389 cm³/mol. The molecule has 0 saturated carbocycles. The second-order valence-corrected chi connectivity index (χ2v) is 27.7. The first-order valence-corrected chi connectivity index (χ1v) is 40.2. The summed E-state index contributed by atoms with van der Waals surface area (Å²) in [6, 6.07) is -0.541. The minimum absolute atomic E-state index is 0.0148. The van der Waals surface area contributed by atoms with Crippen molar-refractivity contribution in [1.29, 1.82) is 0 Å². The van der Waals surface area contributed by atoms with Gasteiger partial charge >= 0.3 is 5.97 Å². The molecule has 88 heavy (non-hydrogen) atoms. The number of amides is 1. The molecule has 0 heterocycles. The first-order chi connectivity index (χ1) is 43.5. The SMILES string of the molecule is CCCCC/C=C\C/C=C\CCCCCCCCCCCC(=O)OCCCCCCCCCCCCCC/C=C\CCCCCCCCCCCCCCCCCC(=O)NC(CO)C(O)CCCCCCCCCCCCCCCCCCCCCCC. The molecule has 6 heteroatoms. The molecule has 0 aromatic rings. The fourth-order valence-electron chi connectivity index (χ4n) is 12.8. The van der Waals surface area contributed by atoms with Gasteiger partial charge in [0.1, 0.15) is 0 Å². The Kier molecular flexibility index (Phi) is 75.8. The summed E-state index contributed by atoms with van der Waals surface area (Å²) in [6.45, 7) is 4.98. The molecular weight excluding hydrogens is 1080 g/mol. The number of hydrogen-bond donors (Lipinski definition) is 3. The van der Waals surface area contributed by atoms with E-state index in [-0.39, 0.29) is 18.5 Å². The third kappa shape index (κ3) is 73.1. The number of allylic oxidation sites excluding steroid dienone is 6. The molecule has 0 spiro atoms. The first kappa shape index (κ1) is 86.1. The van der Waals surface area contributed by atoms with Crippen LogP contribution in [0.2, 0.25) is 0 Å². The van der Waals surface area contributed by atoms with Crippen LogP contribution in [-0.2, 0) is 14.3 Å². The minimum atomic E-state index is -0.664. The summed E-state index contributed by atoms with van der Waals surface area (Å²) in [5.74, 6) is -0.0131. The standard InChI is InChI=1S/C82H157NO5/c1-3-5-7-9-11-13-15-17-19-21-23-35-39-42-46-50-54-58-62-66-70-74-80(85)79(78-84)83-81(86)75-71-67-63-59-55-51-47-43-40-36-33-31-29-27-25-24-26-28-30-32-34-37-41-45-49-53-57-61-65-69-73-77-88-82(87)76-72-68-64-60-56-52-48-44-38-22-20-18-16-14-12-10-8-6-4-2/h12,14,18,20,26,28,79-80,84-85H,3-11,13,15-17,19,21-25,27,29-78H2,1-2H3,(H,83,86)/b14-12-,20-18-,28-26-. The van der Waals surface area contributed by atoms with Crippen LogP contribution in [0.1, 0.15) is 450 Å². The molecule has 3 N–H and O–H groups in total. The largest absolute Gasteiger partial charge is 0.466 e. The Bertz CT molecular complexity index is 1430. The maximum Gasteiger partial charge on any atom is 0.305 e. The van der Waals surface area contributed by atoms with Gasteiger partial charge < -0.3 is 20.3 Å². The zero-order valence-corrected chi connectivity index (χ0v) is 59.7. The summed E-state index contributed by atoms with van der Waals surface area (Å²) in [5, 5.41) is 23.5. The lowest BCUT2D eigenvalue weighted by atomic mass is 10.0. The van der Waals surface area contributed by atoms with E-state index >= 15 is 0 Å². The van der Waals surface area contributed by atoms with E-state index in [1.807, 2.05) is 0 Å². The molecule has 0 aromatic carbocycles. The van der Waals surface area contributed by atoms with E-state index in [9.17, 15) is 19.8 Å². The van der Waals surface area contributed by atoms with Crippen LogP contribution in [0.15, 0.2) is 36.5 Å². The zero-order chi connectivity index (χ0) is 63.5. The average molecular weight is 1240 g/mol. The van der Waals surface area contributed by atoms with E-state index in [4.69, 9.17) is 4.74 Å². The molecule has 6 nitrogen and oxygen atoms in total. The highest BCUT2D eigenvalue weighted by molar-refractivity contribution is 5.76. The molecule has 520 valence electrons. The lowest BCUT2D eigenvalue weighted by molar-refractivity contribution is -0.143. The van der Waals surface area contributed by atoms with Crippen LogP contribution in [0.25, 0.3) is 0 Å². The molecule has 2 unspecified atom stereocenters. The van der Waals surface area contributed by atoms with Crippen LogP contribution in [0.5, 0.6) is 0 Å². The van der Waals surface area contributed by atoms with Crippen molar-refractivity contribution in [2.24, 2.45) is 0 Å². The highest BCUT2D eigenvalue weighted by Gasteiger charge is 2.20. The summed E-state index contributed by atoms with van der Waals surface area (Å²) in [7, 11) is 0. The highest BCUT2D eigenvalue weighted by atomic mass is 16.5. The van der Waals surface area contributed by atoms with Crippen molar-refractivity contribution in [3.8, 4) is 0 Å². The summed E-state index contributed by atoms with van der Waals surface area (Å²) >= 11 is 0. The third-order valence-electron chi connectivity index (χ3n) is 18.9. The van der Waals surface area contributed by atoms with Crippen LogP contribution in [-0.4, -0.2) is 47.4 Å². The van der Waals surface area contributed by atoms with E-state index in [0.717, 1.165) is 51.4 Å². The van der Waals surface area contributed by atoms with E-state index in [2.05, 4.69) is 55.6 Å². The molecule has 1 amide bonds. The van der Waals surface area contributed by atoms with Gasteiger partial charge in [0.15, 0.2) is 0 Å². The Morgan fingerprint density at radius 3 is 0.898 bits per heavy atom. The molecule has 0 fully saturated rings. The molecule has 0 aromatic heterocycles. The van der Waals surface area contributed by atoms with E-state index in [0.29, 0.717) is 25.9 Å². The third-order valence-corrected chi connectivity index (χ3v) is 18.9. The van der Waals surface area contributed by atoms with Crippen molar-refractivity contribution in [2.75, 3.05) is 13.2 Å². The van der Waals surface area contributed by atoms with Gasteiger partial charge in [0, 0.05) is 12.8 Å². The number of aliphatic hydroxyl groups is 2. The Morgan fingerprint density at radius 1 is 0.318 bits per heavy atom. The highest BCUT2D eigenvalue weighted by Crippen LogP contribution is 2.20. The van der Waals surface area contributed by atoms with Crippen molar-refractivity contribution < 1.29 is 24.5 Å². The number of carbonyl (C=O) groups excluding carboxylic acids is 2. The molecule has 0 saturated heterocycles. The lowest BCUT2D eigenvalue weighted by Crippen LogP contribution is -2.45. The van der Waals surface area contributed by atoms with E-state index in [1.54, 1.807) is 0 Å². The number of carbonyl (C=O) groups is 2. The van der Waals surface area contributed by atoms with Crippen molar-refractivity contribution in [3.63, 3.8) is 0 Å². The maximum atomic E-state index is 12.6. The first-order valence-electron chi connectivity index (χ1n) is 40.2. The normalized spacial score (nSPS) is 12.6. The van der Waals surface area contributed by atoms with Gasteiger partial charge in [-0.25, -0.2) is 0 Å². The van der Waals surface area contributed by atoms with Crippen molar-refractivity contribution in [2.45, 2.75) is 463 Å². The Hall–Kier alpha value is -1.92. The van der Waals surface area contributed by atoms with Crippen molar-refractivity contribution in [3.05, 3.63) is 36.5 Å². The number of rotatable bonds is 76. The number of esters is 1. The summed E-state index contributed by atoms with van der Waals surface area (Å²) in [4.78, 5) is 24.7. The molecular formula is C82H157NO5. The van der Waals surface area contributed by atoms with Gasteiger partial charge in [-0.2, -0.15) is 0 Å². The molecule has 2 atom stereocenters. The summed E-state index contributed by atoms with van der Waals surface area (Å²) < 4.78 is 5.51. The number of aliphatic hydroxyl groups excluding tert-OH is 2. The molecule has 0 aliphatic heterocycles. The van der Waals surface area contributed by atoms with Gasteiger partial charge in [-0.3, -0.25) is 9.59 Å². The maximum absolute atomic E-state index is 12.6. The van der Waals surface area contributed by atoms with Crippen LogP contribution >= 0.6 is 0 Å². The van der Waals surface area contributed by atoms with Crippen LogP contribution in [0.4, 0.5) is 0 Å². The molecule has 0 aliphatic rings. The second-order valence-electron chi connectivity index (χ2n) is 27.7. The van der Waals surface area contributed by atoms with E-state index in [1.165, 1.54) is 366 Å². The smallest absolute Gasteiger partial charge is 0.305 e. The van der Waals surface area contributed by atoms with Gasteiger partial charge in [-0.15, -0.1) is 0 Å². The van der Waals surface area contributed by atoms with Crippen LogP contribution < -0.4 is 5.32 Å². The van der Waals surface area contributed by atoms with E-state index < -0.39 is 12.1 Å². The predicted octanol–water partition coefficient (Wildman–Crippen LogP) is 26.6. The van der Waals surface area contributed by atoms with Gasteiger partial charge in [-0.1, -0.05) is 391 Å². The fourth-order valence-corrected chi connectivity index (χ4v) is 12.8. The monoisotopic (exact) mass is 1240 g/mol. The quantitative estimate of drug-likeness (QED) is 0.0320. The fraction of sp³-hybridized carbons (Fsp3) is 0.902. The Morgan fingerprint density at radius 2 is 0.568 bits per heavy atom. The lowest BCUT2D eigenvalue weighted by Gasteiger charge is -2.22. The molecule has 0 radical (unpaired) electrons. The molecule has 0 bridgehead atoms. The molecule has 0 rings (SSSR count). The molecule has 0 aliphatic carbocycles. The number of unbranched alkanes of at least 4 members (excludes halogenated alkanes) is 59. The van der Waals surface area contributed by atoms with Gasteiger partial charge in [0.25, 0.3) is 0 Å². The van der Waals surface area contributed by atoms with Crippen LogP contribution in [0, 0.1) is 0 Å².